The molecule has 0 radical (unpaired) electrons. The molecule has 27 heavy (non-hydrogen) atoms. The molecule has 6 heteroatoms. The zero-order valence-electron chi connectivity index (χ0n) is 16.5. The second-order valence-electron chi connectivity index (χ2n) is 7.51. The monoisotopic (exact) mass is 372 g/mol. The fourth-order valence-corrected chi connectivity index (χ4v) is 3.58. The molecule has 2 aromatic rings. The third kappa shape index (κ3) is 3.86. The molecule has 0 spiro atoms. The van der Waals surface area contributed by atoms with Gasteiger partial charge in [-0.25, -0.2) is 0 Å². The van der Waals surface area contributed by atoms with Gasteiger partial charge in [-0.2, -0.15) is 0 Å². The van der Waals surface area contributed by atoms with Crippen LogP contribution in [-0.4, -0.2) is 52.8 Å². The van der Waals surface area contributed by atoms with Gasteiger partial charge in [0.1, 0.15) is 0 Å². The van der Waals surface area contributed by atoms with Crippen LogP contribution in [0.2, 0.25) is 0 Å². The Morgan fingerprint density at radius 1 is 1.33 bits per heavy atom. The standard InChI is InChI=1S/C21H28N2O4/c1-13(21(25)26)12-23(17-6-7-17)20(24)16-5-8-19-18(11-16)14(2)15(3)22(19)9-10-27-4/h5,8,11,13,17H,6-7,9-10,12H2,1-4H3,(H,25,26). The first-order valence-electron chi connectivity index (χ1n) is 9.47. The van der Waals surface area contributed by atoms with Crippen molar-refractivity contribution in [3.63, 3.8) is 0 Å². The van der Waals surface area contributed by atoms with Crippen molar-refractivity contribution in [3.8, 4) is 0 Å². The number of benzene rings is 1. The second-order valence-corrected chi connectivity index (χ2v) is 7.51. The molecule has 0 aliphatic heterocycles. The van der Waals surface area contributed by atoms with Gasteiger partial charge in [-0.1, -0.05) is 6.92 Å². The van der Waals surface area contributed by atoms with Crippen molar-refractivity contribution < 1.29 is 19.4 Å². The number of aromatic nitrogens is 1. The lowest BCUT2D eigenvalue weighted by molar-refractivity contribution is -0.141. The summed E-state index contributed by atoms with van der Waals surface area (Å²) in [6.07, 6.45) is 1.90. The first-order valence-corrected chi connectivity index (χ1v) is 9.47. The summed E-state index contributed by atoms with van der Waals surface area (Å²) in [7, 11) is 1.69. The number of methoxy groups -OCH3 is 1. The van der Waals surface area contributed by atoms with E-state index >= 15 is 0 Å². The summed E-state index contributed by atoms with van der Waals surface area (Å²) >= 11 is 0. The van der Waals surface area contributed by atoms with Crippen LogP contribution in [0.1, 0.15) is 41.4 Å². The molecule has 1 amide bonds. The Balaban J connectivity index is 1.92. The molecule has 1 aliphatic carbocycles. The van der Waals surface area contributed by atoms with Crippen LogP contribution >= 0.6 is 0 Å². The molecule has 1 aromatic heterocycles. The minimum absolute atomic E-state index is 0.0748. The van der Waals surface area contributed by atoms with Gasteiger partial charge in [-0.3, -0.25) is 9.59 Å². The number of aryl methyl sites for hydroxylation is 1. The second kappa shape index (κ2) is 7.72. The molecular weight excluding hydrogens is 344 g/mol. The molecule has 1 heterocycles. The maximum absolute atomic E-state index is 13.1. The SMILES string of the molecule is COCCn1c(C)c(C)c2cc(C(=O)N(CC(C)C(=O)O)C3CC3)ccc21. The van der Waals surface area contributed by atoms with Gasteiger partial charge in [0.25, 0.3) is 5.91 Å². The number of hydrogen-bond donors (Lipinski definition) is 1. The molecule has 0 bridgehead atoms. The highest BCUT2D eigenvalue weighted by atomic mass is 16.5. The molecule has 6 nitrogen and oxygen atoms in total. The smallest absolute Gasteiger partial charge is 0.308 e. The number of fused-ring (bicyclic) bond motifs is 1. The lowest BCUT2D eigenvalue weighted by Crippen LogP contribution is -2.38. The van der Waals surface area contributed by atoms with Crippen molar-refractivity contribution in [1.29, 1.82) is 0 Å². The molecule has 1 aromatic carbocycles. The Morgan fingerprint density at radius 2 is 2.04 bits per heavy atom. The Morgan fingerprint density at radius 3 is 2.63 bits per heavy atom. The van der Waals surface area contributed by atoms with Gasteiger partial charge in [0.15, 0.2) is 0 Å². The summed E-state index contributed by atoms with van der Waals surface area (Å²) in [4.78, 5) is 26.1. The molecule has 1 fully saturated rings. The van der Waals surface area contributed by atoms with Crippen LogP contribution < -0.4 is 0 Å². The Hall–Kier alpha value is -2.34. The van der Waals surface area contributed by atoms with Gasteiger partial charge in [-0.15, -0.1) is 0 Å². The van der Waals surface area contributed by atoms with Crippen molar-refractivity contribution in [2.75, 3.05) is 20.3 Å². The molecule has 3 rings (SSSR count). The third-order valence-corrected chi connectivity index (χ3v) is 5.55. The summed E-state index contributed by atoms with van der Waals surface area (Å²) in [5, 5.41) is 10.3. The highest BCUT2D eigenvalue weighted by Gasteiger charge is 2.35. The highest BCUT2D eigenvalue weighted by molar-refractivity contribution is 5.99. The van der Waals surface area contributed by atoms with Crippen molar-refractivity contribution in [3.05, 3.63) is 35.0 Å². The summed E-state index contributed by atoms with van der Waals surface area (Å²) in [6.45, 7) is 7.46. The van der Waals surface area contributed by atoms with E-state index < -0.39 is 11.9 Å². The largest absolute Gasteiger partial charge is 0.481 e. The number of aliphatic carboxylic acids is 1. The number of carboxylic acid groups (broad SMARTS) is 1. The molecular formula is C21H28N2O4. The third-order valence-electron chi connectivity index (χ3n) is 5.55. The first kappa shape index (κ1) is 19.4. The zero-order valence-corrected chi connectivity index (χ0v) is 16.5. The normalized spacial score (nSPS) is 15.1. The summed E-state index contributed by atoms with van der Waals surface area (Å²) in [5.74, 6) is -1.52. The Kier molecular flexibility index (Phi) is 5.56. The predicted molar refractivity (Wildman–Crippen MR) is 104 cm³/mol. The Labute approximate surface area is 159 Å². The van der Waals surface area contributed by atoms with E-state index in [9.17, 15) is 14.7 Å². The maximum Gasteiger partial charge on any atom is 0.308 e. The predicted octanol–water partition coefficient (Wildman–Crippen LogP) is 3.23. The van der Waals surface area contributed by atoms with E-state index in [1.165, 1.54) is 5.69 Å². The number of hydrogen-bond acceptors (Lipinski definition) is 3. The minimum atomic E-state index is -0.870. The van der Waals surface area contributed by atoms with E-state index in [1.54, 1.807) is 18.9 Å². The first-order chi connectivity index (χ1) is 12.8. The van der Waals surface area contributed by atoms with Crippen LogP contribution in [0.4, 0.5) is 0 Å². The van der Waals surface area contributed by atoms with Gasteiger partial charge in [0.05, 0.1) is 12.5 Å². The van der Waals surface area contributed by atoms with Crippen molar-refractivity contribution >= 4 is 22.8 Å². The van der Waals surface area contributed by atoms with Crippen molar-refractivity contribution in [2.24, 2.45) is 5.92 Å². The maximum atomic E-state index is 13.1. The Bertz CT molecular complexity index is 867. The van der Waals surface area contributed by atoms with Crippen LogP contribution in [-0.2, 0) is 16.1 Å². The lowest BCUT2D eigenvalue weighted by Gasteiger charge is -2.24. The molecule has 0 saturated heterocycles. The molecule has 146 valence electrons. The van der Waals surface area contributed by atoms with Gasteiger partial charge >= 0.3 is 5.97 Å². The number of carbonyl (C=O) groups excluding carboxylic acids is 1. The van der Waals surface area contributed by atoms with E-state index in [0.29, 0.717) is 12.2 Å². The van der Waals surface area contributed by atoms with E-state index in [1.807, 2.05) is 18.2 Å². The van der Waals surface area contributed by atoms with Gasteiger partial charge in [0.2, 0.25) is 0 Å². The van der Waals surface area contributed by atoms with E-state index in [-0.39, 0.29) is 18.5 Å². The fourth-order valence-electron chi connectivity index (χ4n) is 3.58. The van der Waals surface area contributed by atoms with Crippen molar-refractivity contribution in [1.82, 2.24) is 9.47 Å². The van der Waals surface area contributed by atoms with Gasteiger partial charge < -0.3 is 19.3 Å². The average Bonchev–Trinajstić information content (AvgIpc) is 3.46. The molecule has 1 N–H and O–H groups in total. The average molecular weight is 372 g/mol. The minimum Gasteiger partial charge on any atom is -0.481 e. The van der Waals surface area contributed by atoms with Crippen LogP contribution in [0, 0.1) is 19.8 Å². The number of carboxylic acids is 1. The van der Waals surface area contributed by atoms with Gasteiger partial charge in [-0.05, 0) is 50.5 Å². The number of nitrogens with zero attached hydrogens (tertiary/aromatic N) is 2. The van der Waals surface area contributed by atoms with Gasteiger partial charge in [0, 0.05) is 48.4 Å². The van der Waals surface area contributed by atoms with E-state index in [2.05, 4.69) is 18.4 Å². The summed E-state index contributed by atoms with van der Waals surface area (Å²) < 4.78 is 7.43. The summed E-state index contributed by atoms with van der Waals surface area (Å²) in [5.41, 5.74) is 4.05. The molecule has 1 unspecified atom stereocenters. The van der Waals surface area contributed by atoms with Crippen LogP contribution in [0.15, 0.2) is 18.2 Å². The highest BCUT2D eigenvalue weighted by Crippen LogP contribution is 2.31. The topological polar surface area (TPSA) is 71.8 Å². The lowest BCUT2D eigenvalue weighted by atomic mass is 10.1. The number of ether oxygens (including phenoxy) is 1. The number of amides is 1. The van der Waals surface area contributed by atoms with E-state index in [0.717, 1.165) is 35.9 Å². The molecule has 1 aliphatic rings. The fraction of sp³-hybridized carbons (Fsp3) is 0.524. The molecule has 1 saturated carbocycles. The number of rotatable bonds is 8. The quantitative estimate of drug-likeness (QED) is 0.772. The van der Waals surface area contributed by atoms with Crippen LogP contribution in [0.5, 0.6) is 0 Å². The van der Waals surface area contributed by atoms with Crippen LogP contribution in [0.25, 0.3) is 10.9 Å². The zero-order chi connectivity index (χ0) is 19.7. The van der Waals surface area contributed by atoms with Crippen LogP contribution in [0.3, 0.4) is 0 Å². The van der Waals surface area contributed by atoms with Crippen molar-refractivity contribution in [2.45, 2.75) is 46.2 Å². The summed E-state index contributed by atoms with van der Waals surface area (Å²) in [6, 6.07) is 5.96. The molecule has 1 atom stereocenters. The number of carbonyl (C=O) groups is 2. The van der Waals surface area contributed by atoms with E-state index in [4.69, 9.17) is 4.74 Å².